The first kappa shape index (κ1) is 17.7. The van der Waals surface area contributed by atoms with Crippen LogP contribution in [0.15, 0.2) is 24.3 Å². The van der Waals surface area contributed by atoms with Gasteiger partial charge < -0.3 is 14.5 Å². The molecule has 25 heavy (non-hydrogen) atoms. The third-order valence-corrected chi connectivity index (χ3v) is 4.90. The molecule has 0 spiro atoms. The third kappa shape index (κ3) is 3.48. The fourth-order valence-corrected chi connectivity index (χ4v) is 3.64. The number of carbonyl (C=O) groups is 2. The number of esters is 1. The van der Waals surface area contributed by atoms with E-state index in [2.05, 4.69) is 4.98 Å². The Morgan fingerprint density at radius 3 is 2.76 bits per heavy atom. The Balaban J connectivity index is 1.87. The minimum Gasteiger partial charge on any atom is -0.459 e. The summed E-state index contributed by atoms with van der Waals surface area (Å²) in [6.07, 6.45) is 1.02. The van der Waals surface area contributed by atoms with Gasteiger partial charge in [-0.3, -0.25) is 4.79 Å². The molecule has 1 aliphatic rings. The summed E-state index contributed by atoms with van der Waals surface area (Å²) < 4.78 is 10.0. The van der Waals surface area contributed by atoms with E-state index in [0.29, 0.717) is 41.3 Å². The highest BCUT2D eigenvalue weighted by Gasteiger charge is 2.32. The first-order chi connectivity index (χ1) is 12.0. The van der Waals surface area contributed by atoms with Gasteiger partial charge in [0.1, 0.15) is 12.3 Å². The number of benzene rings is 1. The maximum Gasteiger partial charge on any atom is 0.355 e. The van der Waals surface area contributed by atoms with E-state index in [1.807, 2.05) is 24.3 Å². The Hall–Kier alpha value is -2.11. The fraction of sp³-hybridized carbons (Fsp3) is 0.368. The van der Waals surface area contributed by atoms with E-state index in [1.165, 1.54) is 0 Å². The number of nitrogens with one attached hydrogen (secondary N) is 1. The standard InChI is InChI=1S/C19H20ClNO4/c1-11-17-15(21-18(11)19(23)25-8-7-24-2)9-12(10-16(17)22)13-5-3-4-6-14(13)20/h3-6,12,21H,7-10H2,1-2H3/t12-/m0/s1. The van der Waals surface area contributed by atoms with Gasteiger partial charge in [0.2, 0.25) is 0 Å². The zero-order valence-corrected chi connectivity index (χ0v) is 15.0. The Labute approximate surface area is 151 Å². The van der Waals surface area contributed by atoms with Crippen molar-refractivity contribution in [1.29, 1.82) is 0 Å². The molecule has 0 amide bonds. The lowest BCUT2D eigenvalue weighted by Gasteiger charge is -2.22. The van der Waals surface area contributed by atoms with Crippen LogP contribution >= 0.6 is 11.6 Å². The molecule has 0 bridgehead atoms. The van der Waals surface area contributed by atoms with Crippen LogP contribution in [0.1, 0.15) is 50.0 Å². The van der Waals surface area contributed by atoms with Gasteiger partial charge in [0, 0.05) is 29.8 Å². The zero-order chi connectivity index (χ0) is 18.0. The number of H-pyrrole nitrogens is 1. The van der Waals surface area contributed by atoms with Crippen LogP contribution < -0.4 is 0 Å². The number of fused-ring (bicyclic) bond motifs is 1. The van der Waals surface area contributed by atoms with Gasteiger partial charge in [-0.25, -0.2) is 4.79 Å². The van der Waals surface area contributed by atoms with Crippen molar-refractivity contribution in [3.63, 3.8) is 0 Å². The number of Topliss-reactive ketones (excluding diaryl/α,β-unsaturated/α-hetero) is 1. The van der Waals surface area contributed by atoms with Crippen molar-refractivity contribution in [2.24, 2.45) is 0 Å². The first-order valence-electron chi connectivity index (χ1n) is 8.18. The Morgan fingerprint density at radius 2 is 2.04 bits per heavy atom. The van der Waals surface area contributed by atoms with Gasteiger partial charge in [-0.2, -0.15) is 0 Å². The number of aromatic amines is 1. The summed E-state index contributed by atoms with van der Waals surface area (Å²) in [5, 5.41) is 0.659. The lowest BCUT2D eigenvalue weighted by molar-refractivity contribution is 0.0381. The summed E-state index contributed by atoms with van der Waals surface area (Å²) in [7, 11) is 1.54. The molecule has 0 radical (unpaired) electrons. The average Bonchev–Trinajstić information content (AvgIpc) is 2.92. The molecular weight excluding hydrogens is 342 g/mol. The van der Waals surface area contributed by atoms with Crippen LogP contribution in [-0.2, 0) is 15.9 Å². The minimum atomic E-state index is -0.467. The first-order valence-corrected chi connectivity index (χ1v) is 8.55. The average molecular weight is 362 g/mol. The monoisotopic (exact) mass is 361 g/mol. The number of hydrogen-bond donors (Lipinski definition) is 1. The van der Waals surface area contributed by atoms with Crippen molar-refractivity contribution in [1.82, 2.24) is 4.98 Å². The smallest absolute Gasteiger partial charge is 0.355 e. The predicted octanol–water partition coefficient (Wildman–Crippen LogP) is 3.69. The van der Waals surface area contributed by atoms with E-state index in [-0.39, 0.29) is 18.3 Å². The molecule has 2 aromatic rings. The molecule has 3 rings (SSSR count). The molecule has 0 saturated heterocycles. The molecule has 5 nitrogen and oxygen atoms in total. The van der Waals surface area contributed by atoms with Crippen LogP contribution in [0, 0.1) is 6.92 Å². The van der Waals surface area contributed by atoms with Crippen LogP contribution in [0.3, 0.4) is 0 Å². The molecule has 0 fully saturated rings. The van der Waals surface area contributed by atoms with E-state index < -0.39 is 5.97 Å². The van der Waals surface area contributed by atoms with E-state index in [4.69, 9.17) is 21.1 Å². The molecule has 1 aromatic carbocycles. The fourth-order valence-electron chi connectivity index (χ4n) is 3.35. The maximum atomic E-state index is 12.7. The van der Waals surface area contributed by atoms with Crippen LogP contribution in [-0.4, -0.2) is 37.1 Å². The molecule has 1 N–H and O–H groups in total. The highest BCUT2D eigenvalue weighted by atomic mass is 35.5. The second-order valence-corrected chi connectivity index (χ2v) is 6.56. The molecule has 132 valence electrons. The van der Waals surface area contributed by atoms with Gasteiger partial charge in [0.25, 0.3) is 0 Å². The van der Waals surface area contributed by atoms with E-state index >= 15 is 0 Å². The number of rotatable bonds is 5. The largest absolute Gasteiger partial charge is 0.459 e. The second-order valence-electron chi connectivity index (χ2n) is 6.16. The van der Waals surface area contributed by atoms with Gasteiger partial charge in [-0.05, 0) is 36.5 Å². The molecule has 1 heterocycles. The molecule has 1 atom stereocenters. The highest BCUT2D eigenvalue weighted by molar-refractivity contribution is 6.31. The van der Waals surface area contributed by atoms with Crippen molar-refractivity contribution in [3.8, 4) is 0 Å². The molecule has 1 aromatic heterocycles. The van der Waals surface area contributed by atoms with Gasteiger partial charge in [0.15, 0.2) is 5.78 Å². The molecule has 0 unspecified atom stereocenters. The highest BCUT2D eigenvalue weighted by Crippen LogP contribution is 2.37. The number of ether oxygens (including phenoxy) is 2. The number of hydrogen-bond acceptors (Lipinski definition) is 4. The van der Waals surface area contributed by atoms with Gasteiger partial charge >= 0.3 is 5.97 Å². The normalized spacial score (nSPS) is 16.6. The quantitative estimate of drug-likeness (QED) is 0.651. The number of halogens is 1. The topological polar surface area (TPSA) is 68.4 Å². The molecular formula is C19H20ClNO4. The lowest BCUT2D eigenvalue weighted by atomic mass is 9.81. The minimum absolute atomic E-state index is 0.00381. The SMILES string of the molecule is COCCOC(=O)c1[nH]c2c(c1C)C(=O)C[C@@H](c1ccccc1Cl)C2. The third-order valence-electron chi connectivity index (χ3n) is 4.56. The summed E-state index contributed by atoms with van der Waals surface area (Å²) >= 11 is 6.28. The summed E-state index contributed by atoms with van der Waals surface area (Å²) in [6, 6.07) is 7.56. The van der Waals surface area contributed by atoms with Gasteiger partial charge in [0.05, 0.1) is 6.61 Å². The summed E-state index contributed by atoms with van der Waals surface area (Å²) in [4.78, 5) is 28.0. The van der Waals surface area contributed by atoms with Gasteiger partial charge in [-0.15, -0.1) is 0 Å². The Kier molecular flexibility index (Phi) is 5.25. The van der Waals surface area contributed by atoms with Crippen LogP contribution in [0.4, 0.5) is 0 Å². The maximum absolute atomic E-state index is 12.7. The second kappa shape index (κ2) is 7.42. The predicted molar refractivity (Wildman–Crippen MR) is 94.5 cm³/mol. The lowest BCUT2D eigenvalue weighted by Crippen LogP contribution is -2.18. The van der Waals surface area contributed by atoms with Crippen molar-refractivity contribution < 1.29 is 19.1 Å². The number of ketones is 1. The van der Waals surface area contributed by atoms with E-state index in [1.54, 1.807) is 14.0 Å². The number of aromatic nitrogens is 1. The van der Waals surface area contributed by atoms with Crippen LogP contribution in [0.2, 0.25) is 5.02 Å². The molecule has 6 heteroatoms. The Bertz CT molecular complexity index is 812. The van der Waals surface area contributed by atoms with E-state index in [0.717, 1.165) is 11.3 Å². The summed E-state index contributed by atoms with van der Waals surface area (Å²) in [5.74, 6) is -0.439. The zero-order valence-electron chi connectivity index (χ0n) is 14.2. The van der Waals surface area contributed by atoms with Crippen LogP contribution in [0.5, 0.6) is 0 Å². The van der Waals surface area contributed by atoms with Crippen molar-refractivity contribution >= 4 is 23.4 Å². The van der Waals surface area contributed by atoms with E-state index in [9.17, 15) is 9.59 Å². The molecule has 0 saturated carbocycles. The molecule has 0 aliphatic heterocycles. The van der Waals surface area contributed by atoms with Crippen molar-refractivity contribution in [2.45, 2.75) is 25.7 Å². The van der Waals surface area contributed by atoms with Crippen molar-refractivity contribution in [2.75, 3.05) is 20.3 Å². The summed E-state index contributed by atoms with van der Waals surface area (Å²) in [5.41, 5.74) is 3.34. The summed E-state index contributed by atoms with van der Waals surface area (Å²) in [6.45, 7) is 2.28. The van der Waals surface area contributed by atoms with Crippen LogP contribution in [0.25, 0.3) is 0 Å². The van der Waals surface area contributed by atoms with Gasteiger partial charge in [-0.1, -0.05) is 29.8 Å². The molecule has 1 aliphatic carbocycles. The van der Waals surface area contributed by atoms with Crippen molar-refractivity contribution in [3.05, 3.63) is 57.4 Å². The number of carbonyl (C=O) groups excluding carboxylic acids is 2. The Morgan fingerprint density at radius 1 is 1.28 bits per heavy atom. The number of methoxy groups -OCH3 is 1.